The van der Waals surface area contributed by atoms with Gasteiger partial charge in [-0.25, -0.2) is 13.1 Å². The van der Waals surface area contributed by atoms with E-state index in [0.29, 0.717) is 12.1 Å². The van der Waals surface area contributed by atoms with Crippen LogP contribution in [0.2, 0.25) is 0 Å². The first-order valence-corrected chi connectivity index (χ1v) is 6.73. The quantitative estimate of drug-likeness (QED) is 0.427. The summed E-state index contributed by atoms with van der Waals surface area (Å²) in [4.78, 5) is 0.0832. The summed E-state index contributed by atoms with van der Waals surface area (Å²) in [6.45, 7) is 3.51. The predicted octanol–water partition coefficient (Wildman–Crippen LogP) is 0.101. The lowest BCUT2D eigenvalue weighted by atomic mass is 10.2. The van der Waals surface area contributed by atoms with Crippen molar-refractivity contribution in [2.75, 3.05) is 0 Å². The number of sulfonamides is 1. The van der Waals surface area contributed by atoms with E-state index in [9.17, 15) is 8.42 Å². The average molecular weight is 259 g/mol. The molecule has 0 fully saturated rings. The van der Waals surface area contributed by atoms with Gasteiger partial charge in [0.15, 0.2) is 0 Å². The van der Waals surface area contributed by atoms with E-state index in [1.54, 1.807) is 6.92 Å². The van der Waals surface area contributed by atoms with Crippen molar-refractivity contribution in [3.05, 3.63) is 11.9 Å². The molecule has 0 saturated heterocycles. The third-order valence-corrected chi connectivity index (χ3v) is 3.91. The van der Waals surface area contributed by atoms with Crippen LogP contribution in [0.3, 0.4) is 0 Å². The molecule has 1 atom stereocenters. The molecule has 96 valence electrons. The van der Waals surface area contributed by atoms with Gasteiger partial charge in [-0.3, -0.25) is 10.5 Å². The Bertz CT molecular complexity index is 493. The predicted molar refractivity (Wildman–Crippen MR) is 64.3 cm³/mol. The van der Waals surface area contributed by atoms with Crippen molar-refractivity contribution in [3.8, 4) is 0 Å². The fourth-order valence-corrected chi connectivity index (χ4v) is 2.81. The molecule has 1 rings (SSSR count). The molecule has 0 aromatic carbocycles. The largest absolute Gasteiger partial charge is 0.386 e. The molecule has 17 heavy (non-hydrogen) atoms. The van der Waals surface area contributed by atoms with Gasteiger partial charge in [-0.15, -0.1) is 0 Å². The highest BCUT2D eigenvalue weighted by Crippen LogP contribution is 2.12. The molecular formula is C9H17N5O2S. The third kappa shape index (κ3) is 3.27. The smallest absolute Gasteiger partial charge is 0.244 e. The SMILES string of the molecule is CCCC(NS(=O)(=O)c1cn[nH]c1C)C(=N)N. The van der Waals surface area contributed by atoms with Gasteiger partial charge in [-0.2, -0.15) is 5.10 Å². The molecule has 0 aliphatic heterocycles. The zero-order chi connectivity index (χ0) is 13.1. The minimum absolute atomic E-state index is 0.0832. The summed E-state index contributed by atoms with van der Waals surface area (Å²) in [7, 11) is -3.68. The first kappa shape index (κ1) is 13.7. The first-order valence-electron chi connectivity index (χ1n) is 5.24. The number of H-pyrrole nitrogens is 1. The average Bonchev–Trinajstić information content (AvgIpc) is 2.64. The monoisotopic (exact) mass is 259 g/mol. The molecule has 0 saturated carbocycles. The highest BCUT2D eigenvalue weighted by molar-refractivity contribution is 7.89. The summed E-state index contributed by atoms with van der Waals surface area (Å²) in [5, 5.41) is 13.6. The Labute approximate surface area is 100 Å². The number of nitrogens with one attached hydrogen (secondary N) is 3. The molecule has 1 aromatic rings. The molecule has 0 amide bonds. The summed E-state index contributed by atoms with van der Waals surface area (Å²) >= 11 is 0. The zero-order valence-electron chi connectivity index (χ0n) is 9.82. The molecular weight excluding hydrogens is 242 g/mol. The van der Waals surface area contributed by atoms with Crippen molar-refractivity contribution < 1.29 is 8.42 Å². The van der Waals surface area contributed by atoms with E-state index in [1.807, 2.05) is 6.92 Å². The van der Waals surface area contributed by atoms with Gasteiger partial charge in [-0.05, 0) is 13.3 Å². The van der Waals surface area contributed by atoms with Gasteiger partial charge >= 0.3 is 0 Å². The first-order chi connectivity index (χ1) is 7.88. The number of nitrogens with two attached hydrogens (primary N) is 1. The van der Waals surface area contributed by atoms with E-state index in [4.69, 9.17) is 11.1 Å². The lowest BCUT2D eigenvalue weighted by Crippen LogP contribution is -2.43. The van der Waals surface area contributed by atoms with Crippen molar-refractivity contribution >= 4 is 15.9 Å². The highest BCUT2D eigenvalue weighted by Gasteiger charge is 2.23. The lowest BCUT2D eigenvalue weighted by molar-refractivity contribution is 0.565. The number of hydrogen-bond donors (Lipinski definition) is 4. The second-order valence-electron chi connectivity index (χ2n) is 3.78. The van der Waals surface area contributed by atoms with Gasteiger partial charge in [0, 0.05) is 0 Å². The number of aromatic amines is 1. The maximum Gasteiger partial charge on any atom is 0.244 e. The number of aryl methyl sites for hydroxylation is 1. The van der Waals surface area contributed by atoms with E-state index in [2.05, 4.69) is 14.9 Å². The summed E-state index contributed by atoms with van der Waals surface area (Å²) in [6, 6.07) is -0.667. The Morgan fingerprint density at radius 3 is 2.76 bits per heavy atom. The second kappa shape index (κ2) is 5.28. The summed E-state index contributed by atoms with van der Waals surface area (Å²) < 4.78 is 26.4. The van der Waals surface area contributed by atoms with Crippen LogP contribution in [0.15, 0.2) is 11.1 Å². The number of aromatic nitrogens is 2. The zero-order valence-corrected chi connectivity index (χ0v) is 10.6. The van der Waals surface area contributed by atoms with Gasteiger partial charge in [0.25, 0.3) is 0 Å². The van der Waals surface area contributed by atoms with Crippen LogP contribution in [0.4, 0.5) is 0 Å². The molecule has 0 aliphatic rings. The number of nitrogens with zero attached hydrogens (tertiary/aromatic N) is 1. The van der Waals surface area contributed by atoms with Crippen LogP contribution in [-0.4, -0.2) is 30.5 Å². The van der Waals surface area contributed by atoms with Gasteiger partial charge in [-0.1, -0.05) is 13.3 Å². The van der Waals surface area contributed by atoms with E-state index in [-0.39, 0.29) is 10.7 Å². The summed E-state index contributed by atoms with van der Waals surface area (Å²) in [5.74, 6) is -0.184. The molecule has 0 bridgehead atoms. The van der Waals surface area contributed by atoms with Crippen molar-refractivity contribution in [2.45, 2.75) is 37.6 Å². The molecule has 0 aliphatic carbocycles. The Hall–Kier alpha value is -1.41. The van der Waals surface area contributed by atoms with Crippen LogP contribution in [-0.2, 0) is 10.0 Å². The maximum atomic E-state index is 12.0. The summed E-state index contributed by atoms with van der Waals surface area (Å²) in [6.07, 6.45) is 2.46. The Morgan fingerprint density at radius 1 is 1.71 bits per heavy atom. The summed E-state index contributed by atoms with van der Waals surface area (Å²) in [5.41, 5.74) is 5.81. The molecule has 1 aromatic heterocycles. The number of hydrogen-bond acceptors (Lipinski definition) is 4. The van der Waals surface area contributed by atoms with E-state index >= 15 is 0 Å². The highest BCUT2D eigenvalue weighted by atomic mass is 32.2. The van der Waals surface area contributed by atoms with Gasteiger partial charge in [0.1, 0.15) is 10.7 Å². The third-order valence-electron chi connectivity index (χ3n) is 2.32. The Kier molecular flexibility index (Phi) is 4.24. The second-order valence-corrected chi connectivity index (χ2v) is 5.46. The van der Waals surface area contributed by atoms with E-state index < -0.39 is 16.1 Å². The molecule has 1 heterocycles. The normalized spacial score (nSPS) is 13.5. The van der Waals surface area contributed by atoms with Gasteiger partial charge in [0.05, 0.1) is 17.9 Å². The number of rotatable bonds is 6. The van der Waals surface area contributed by atoms with Crippen molar-refractivity contribution in [1.82, 2.24) is 14.9 Å². The lowest BCUT2D eigenvalue weighted by Gasteiger charge is -2.16. The van der Waals surface area contributed by atoms with Crippen LogP contribution < -0.4 is 10.5 Å². The minimum Gasteiger partial charge on any atom is -0.386 e. The molecule has 7 nitrogen and oxygen atoms in total. The van der Waals surface area contributed by atoms with Crippen LogP contribution in [0.25, 0.3) is 0 Å². The van der Waals surface area contributed by atoms with Gasteiger partial charge in [0.2, 0.25) is 10.0 Å². The molecule has 0 radical (unpaired) electrons. The van der Waals surface area contributed by atoms with Crippen LogP contribution >= 0.6 is 0 Å². The van der Waals surface area contributed by atoms with Crippen molar-refractivity contribution in [1.29, 1.82) is 5.41 Å². The van der Waals surface area contributed by atoms with Crippen molar-refractivity contribution in [2.24, 2.45) is 5.73 Å². The Balaban J connectivity index is 2.93. The van der Waals surface area contributed by atoms with E-state index in [1.165, 1.54) is 6.20 Å². The van der Waals surface area contributed by atoms with Gasteiger partial charge < -0.3 is 5.73 Å². The molecule has 5 N–H and O–H groups in total. The topological polar surface area (TPSA) is 125 Å². The fraction of sp³-hybridized carbons (Fsp3) is 0.556. The van der Waals surface area contributed by atoms with Crippen LogP contribution in [0.1, 0.15) is 25.5 Å². The standard InChI is InChI=1S/C9H17N5O2S/c1-3-4-7(9(10)11)14-17(15,16)8-5-12-13-6(8)2/h5,7,14H,3-4H2,1-2H3,(H3,10,11)(H,12,13). The van der Waals surface area contributed by atoms with Crippen LogP contribution in [0, 0.1) is 12.3 Å². The minimum atomic E-state index is -3.68. The molecule has 0 spiro atoms. The number of amidine groups is 1. The van der Waals surface area contributed by atoms with Crippen LogP contribution in [0.5, 0.6) is 0 Å². The van der Waals surface area contributed by atoms with Crippen molar-refractivity contribution in [3.63, 3.8) is 0 Å². The molecule has 1 unspecified atom stereocenters. The molecule has 8 heteroatoms. The maximum absolute atomic E-state index is 12.0. The van der Waals surface area contributed by atoms with E-state index in [0.717, 1.165) is 6.42 Å². The Morgan fingerprint density at radius 2 is 2.35 bits per heavy atom. The fourth-order valence-electron chi connectivity index (χ4n) is 1.43.